The minimum atomic E-state index is 0.131. The summed E-state index contributed by atoms with van der Waals surface area (Å²) in [5.74, 6) is 5.97. The Bertz CT molecular complexity index is 387. The van der Waals surface area contributed by atoms with Crippen LogP contribution in [0.2, 0.25) is 0 Å². The first-order valence-electron chi connectivity index (χ1n) is 7.13. The van der Waals surface area contributed by atoms with Crippen molar-refractivity contribution in [2.45, 2.75) is 52.1 Å². The summed E-state index contributed by atoms with van der Waals surface area (Å²) in [6, 6.07) is 4.10. The highest BCUT2D eigenvalue weighted by atomic mass is 32.1. The first-order valence-corrected chi connectivity index (χ1v) is 7.94. The van der Waals surface area contributed by atoms with E-state index < -0.39 is 0 Å². The van der Waals surface area contributed by atoms with Gasteiger partial charge in [0.15, 0.2) is 0 Å². The smallest absolute Gasteiger partial charge is 0.0809 e. The number of unbranched alkanes of at least 4 members (excludes halogenated alkanes) is 4. The van der Waals surface area contributed by atoms with E-state index in [9.17, 15) is 0 Å². The van der Waals surface area contributed by atoms with Gasteiger partial charge in [0.25, 0.3) is 0 Å². The second-order valence-electron chi connectivity index (χ2n) is 4.51. The summed E-state index contributed by atoms with van der Waals surface area (Å²) in [6.07, 6.45) is 6.92. The van der Waals surface area contributed by atoms with Gasteiger partial charge in [-0.1, -0.05) is 44.4 Å². The van der Waals surface area contributed by atoms with Gasteiger partial charge >= 0.3 is 0 Å². The lowest BCUT2D eigenvalue weighted by Crippen LogP contribution is -1.93. The van der Waals surface area contributed by atoms with Crippen molar-refractivity contribution in [3.63, 3.8) is 0 Å². The highest BCUT2D eigenvalue weighted by Gasteiger charge is 1.98. The minimum Gasteiger partial charge on any atom is -0.395 e. The molecular formula is C16H24O2S. The summed E-state index contributed by atoms with van der Waals surface area (Å²) >= 11 is 1.67. The van der Waals surface area contributed by atoms with Crippen molar-refractivity contribution in [3.05, 3.63) is 21.9 Å². The van der Waals surface area contributed by atoms with E-state index in [0.717, 1.165) is 17.9 Å². The van der Waals surface area contributed by atoms with Gasteiger partial charge in [0.1, 0.15) is 0 Å². The summed E-state index contributed by atoms with van der Waals surface area (Å²) in [4.78, 5) is 2.27. The summed E-state index contributed by atoms with van der Waals surface area (Å²) in [5, 5.41) is 8.65. The average Bonchev–Trinajstić information content (AvgIpc) is 2.86. The molecule has 2 nitrogen and oxygen atoms in total. The predicted molar refractivity (Wildman–Crippen MR) is 81.3 cm³/mol. The van der Waals surface area contributed by atoms with Crippen molar-refractivity contribution in [2.75, 3.05) is 13.2 Å². The summed E-state index contributed by atoms with van der Waals surface area (Å²) in [7, 11) is 0. The van der Waals surface area contributed by atoms with Crippen LogP contribution in [-0.4, -0.2) is 18.3 Å². The number of aliphatic hydroxyl groups excluding tert-OH is 1. The van der Waals surface area contributed by atoms with Crippen LogP contribution < -0.4 is 0 Å². The first-order chi connectivity index (χ1) is 9.36. The molecule has 106 valence electrons. The van der Waals surface area contributed by atoms with Gasteiger partial charge in [-0.25, -0.2) is 0 Å². The molecule has 1 aromatic rings. The Hall–Kier alpha value is -0.820. The maximum atomic E-state index is 8.65. The van der Waals surface area contributed by atoms with E-state index in [1.165, 1.54) is 30.6 Å². The highest BCUT2D eigenvalue weighted by molar-refractivity contribution is 7.12. The number of aliphatic hydroxyl groups is 1. The van der Waals surface area contributed by atoms with E-state index in [4.69, 9.17) is 9.84 Å². The molecule has 1 N–H and O–H groups in total. The van der Waals surface area contributed by atoms with Crippen molar-refractivity contribution in [2.24, 2.45) is 0 Å². The van der Waals surface area contributed by atoms with E-state index in [2.05, 4.69) is 24.8 Å². The second kappa shape index (κ2) is 11.0. The first kappa shape index (κ1) is 16.2. The molecule has 0 atom stereocenters. The lowest BCUT2D eigenvalue weighted by Gasteiger charge is -2.02. The molecule has 0 radical (unpaired) electrons. The van der Waals surface area contributed by atoms with Crippen molar-refractivity contribution >= 4 is 11.3 Å². The molecule has 3 heteroatoms. The molecule has 0 bridgehead atoms. The molecule has 0 aromatic carbocycles. The summed E-state index contributed by atoms with van der Waals surface area (Å²) < 4.78 is 5.66. The highest BCUT2D eigenvalue weighted by Crippen LogP contribution is 2.16. The summed E-state index contributed by atoms with van der Waals surface area (Å²) in [6.45, 7) is 3.91. The molecule has 19 heavy (non-hydrogen) atoms. The monoisotopic (exact) mass is 280 g/mol. The van der Waals surface area contributed by atoms with Crippen LogP contribution >= 0.6 is 11.3 Å². The third-order valence-electron chi connectivity index (χ3n) is 2.75. The van der Waals surface area contributed by atoms with Gasteiger partial charge in [-0.2, -0.15) is 0 Å². The van der Waals surface area contributed by atoms with Crippen LogP contribution in [0.25, 0.3) is 0 Å². The Morgan fingerprint density at radius 3 is 2.84 bits per heavy atom. The fourth-order valence-corrected chi connectivity index (χ4v) is 2.53. The largest absolute Gasteiger partial charge is 0.395 e. The van der Waals surface area contributed by atoms with Crippen molar-refractivity contribution in [1.29, 1.82) is 0 Å². The Morgan fingerprint density at radius 1 is 1.21 bits per heavy atom. The Labute approximate surface area is 120 Å². The Morgan fingerprint density at radius 2 is 2.05 bits per heavy atom. The van der Waals surface area contributed by atoms with Gasteiger partial charge in [0.2, 0.25) is 0 Å². The van der Waals surface area contributed by atoms with Gasteiger partial charge in [-0.3, -0.25) is 0 Å². The Balaban J connectivity index is 2.11. The number of rotatable bonds is 9. The van der Waals surface area contributed by atoms with Crippen LogP contribution in [0.4, 0.5) is 0 Å². The summed E-state index contributed by atoms with van der Waals surface area (Å²) in [5.41, 5.74) is 0. The van der Waals surface area contributed by atoms with E-state index in [1.807, 2.05) is 6.07 Å². The molecule has 1 heterocycles. The molecule has 0 fully saturated rings. The lowest BCUT2D eigenvalue weighted by atomic mass is 10.2. The minimum absolute atomic E-state index is 0.131. The third-order valence-corrected chi connectivity index (χ3v) is 3.72. The van der Waals surface area contributed by atoms with Gasteiger partial charge < -0.3 is 9.84 Å². The molecule has 0 saturated carbocycles. The molecule has 1 rings (SSSR count). The topological polar surface area (TPSA) is 29.5 Å². The normalized spacial score (nSPS) is 10.2. The third kappa shape index (κ3) is 8.05. The molecule has 0 aliphatic carbocycles. The SMILES string of the molecule is CCCCCCCOCc1ccc(C#CCCO)s1. The zero-order chi connectivity index (χ0) is 13.8. The van der Waals surface area contributed by atoms with Crippen molar-refractivity contribution in [3.8, 4) is 11.8 Å². The van der Waals surface area contributed by atoms with Crippen LogP contribution in [0.5, 0.6) is 0 Å². The van der Waals surface area contributed by atoms with Crippen LogP contribution in [0.3, 0.4) is 0 Å². The molecule has 0 unspecified atom stereocenters. The number of ether oxygens (including phenoxy) is 1. The zero-order valence-corrected chi connectivity index (χ0v) is 12.6. The maximum Gasteiger partial charge on any atom is 0.0809 e. The van der Waals surface area contributed by atoms with Crippen LogP contribution in [0.15, 0.2) is 12.1 Å². The van der Waals surface area contributed by atoms with Crippen LogP contribution in [0, 0.1) is 11.8 Å². The fourth-order valence-electron chi connectivity index (χ4n) is 1.71. The van der Waals surface area contributed by atoms with E-state index in [-0.39, 0.29) is 6.61 Å². The maximum absolute atomic E-state index is 8.65. The van der Waals surface area contributed by atoms with Crippen LogP contribution in [0.1, 0.15) is 55.2 Å². The lowest BCUT2D eigenvalue weighted by molar-refractivity contribution is 0.119. The molecule has 0 saturated heterocycles. The van der Waals surface area contributed by atoms with Crippen molar-refractivity contribution < 1.29 is 9.84 Å². The fraction of sp³-hybridized carbons (Fsp3) is 0.625. The standard InChI is InChI=1S/C16H24O2S/c1-2-3-4-5-8-13-18-14-16-11-10-15(19-16)9-6-7-12-17/h10-11,17H,2-5,7-8,12-14H2,1H3. The van der Waals surface area contributed by atoms with E-state index >= 15 is 0 Å². The van der Waals surface area contributed by atoms with Crippen LogP contribution in [-0.2, 0) is 11.3 Å². The van der Waals surface area contributed by atoms with Gasteiger partial charge in [0, 0.05) is 17.9 Å². The molecule has 0 aliphatic rings. The molecule has 1 aromatic heterocycles. The van der Waals surface area contributed by atoms with E-state index in [1.54, 1.807) is 11.3 Å². The zero-order valence-electron chi connectivity index (χ0n) is 11.8. The predicted octanol–water partition coefficient (Wildman–Crippen LogP) is 3.97. The number of thiophene rings is 1. The molecule has 0 spiro atoms. The Kier molecular flexibility index (Phi) is 9.44. The second-order valence-corrected chi connectivity index (χ2v) is 5.68. The molecular weight excluding hydrogens is 256 g/mol. The van der Waals surface area contributed by atoms with Crippen molar-refractivity contribution in [1.82, 2.24) is 0 Å². The molecule has 0 amide bonds. The van der Waals surface area contributed by atoms with Gasteiger partial charge in [-0.05, 0) is 18.6 Å². The van der Waals surface area contributed by atoms with E-state index in [0.29, 0.717) is 13.0 Å². The van der Waals surface area contributed by atoms with Gasteiger partial charge in [0.05, 0.1) is 18.1 Å². The molecule has 0 aliphatic heterocycles. The average molecular weight is 280 g/mol. The number of hydrogen-bond acceptors (Lipinski definition) is 3. The van der Waals surface area contributed by atoms with Gasteiger partial charge in [-0.15, -0.1) is 11.3 Å². The quantitative estimate of drug-likeness (QED) is 0.548. The number of hydrogen-bond donors (Lipinski definition) is 1.